The van der Waals surface area contributed by atoms with E-state index >= 15 is 0 Å². The molecule has 0 aromatic carbocycles. The van der Waals surface area contributed by atoms with Crippen LogP contribution in [0.1, 0.15) is 46.0 Å². The lowest BCUT2D eigenvalue weighted by atomic mass is 9.84. The van der Waals surface area contributed by atoms with Crippen LogP contribution in [0.25, 0.3) is 0 Å². The number of ketones is 1. The van der Waals surface area contributed by atoms with Crippen LogP contribution in [0.3, 0.4) is 0 Å². The van der Waals surface area contributed by atoms with Crippen molar-refractivity contribution in [3.05, 3.63) is 6.42 Å². The first-order valence-corrected chi connectivity index (χ1v) is 5.04. The van der Waals surface area contributed by atoms with Crippen molar-refractivity contribution >= 4 is 5.78 Å². The molecule has 0 saturated heterocycles. The molecule has 1 heteroatoms. The average Bonchev–Trinajstić information content (AvgIpc) is 2.05. The maximum Gasteiger partial charge on any atom is 0.136 e. The standard InChI is InChI=1S/C11H19O/c1-9(2)8-11(12)10-6-4-3-5-7-10/h3,9-10H,4-8H2,1-2H3. The summed E-state index contributed by atoms with van der Waals surface area (Å²) in [7, 11) is 0. The third-order valence-electron chi connectivity index (χ3n) is 2.50. The second-order valence-electron chi connectivity index (χ2n) is 4.20. The van der Waals surface area contributed by atoms with Gasteiger partial charge in [0, 0.05) is 12.3 Å². The zero-order valence-electron chi connectivity index (χ0n) is 8.18. The van der Waals surface area contributed by atoms with Crippen LogP contribution in [-0.4, -0.2) is 5.78 Å². The van der Waals surface area contributed by atoms with E-state index in [9.17, 15) is 4.79 Å². The van der Waals surface area contributed by atoms with Gasteiger partial charge in [0.25, 0.3) is 0 Å². The Hall–Kier alpha value is -0.330. The number of hydrogen-bond acceptors (Lipinski definition) is 1. The lowest BCUT2D eigenvalue weighted by Gasteiger charge is -2.20. The van der Waals surface area contributed by atoms with Gasteiger partial charge in [0.15, 0.2) is 0 Å². The summed E-state index contributed by atoms with van der Waals surface area (Å²) in [6, 6.07) is 0. The molecule has 0 heterocycles. The van der Waals surface area contributed by atoms with Crippen LogP contribution in [0, 0.1) is 18.3 Å². The summed E-state index contributed by atoms with van der Waals surface area (Å²) >= 11 is 0. The second-order valence-corrected chi connectivity index (χ2v) is 4.20. The zero-order valence-corrected chi connectivity index (χ0v) is 8.18. The molecule has 0 N–H and O–H groups in total. The maximum absolute atomic E-state index is 11.6. The molecule has 0 aromatic rings. The first-order valence-electron chi connectivity index (χ1n) is 5.04. The van der Waals surface area contributed by atoms with Gasteiger partial charge in [-0.25, -0.2) is 0 Å². The molecule has 0 aromatic heterocycles. The highest BCUT2D eigenvalue weighted by Crippen LogP contribution is 2.25. The van der Waals surface area contributed by atoms with E-state index in [1.54, 1.807) is 0 Å². The summed E-state index contributed by atoms with van der Waals surface area (Å²) < 4.78 is 0. The molecule has 0 amide bonds. The van der Waals surface area contributed by atoms with Crippen molar-refractivity contribution in [3.8, 4) is 0 Å². The largest absolute Gasteiger partial charge is 0.299 e. The Labute approximate surface area is 75.5 Å². The average molecular weight is 167 g/mol. The number of carbonyl (C=O) groups is 1. The van der Waals surface area contributed by atoms with E-state index in [1.165, 1.54) is 0 Å². The quantitative estimate of drug-likeness (QED) is 0.631. The molecular weight excluding hydrogens is 148 g/mol. The van der Waals surface area contributed by atoms with Crippen molar-refractivity contribution in [3.63, 3.8) is 0 Å². The molecule has 1 aliphatic rings. The first-order chi connectivity index (χ1) is 5.70. The minimum absolute atomic E-state index is 0.386. The fourth-order valence-electron chi connectivity index (χ4n) is 1.82. The molecule has 12 heavy (non-hydrogen) atoms. The summed E-state index contributed by atoms with van der Waals surface area (Å²) in [5, 5.41) is 0. The topological polar surface area (TPSA) is 17.1 Å². The Kier molecular flexibility index (Phi) is 3.77. The van der Waals surface area contributed by atoms with Gasteiger partial charge in [-0.05, 0) is 38.0 Å². The smallest absolute Gasteiger partial charge is 0.136 e. The van der Waals surface area contributed by atoms with Gasteiger partial charge >= 0.3 is 0 Å². The monoisotopic (exact) mass is 167 g/mol. The van der Waals surface area contributed by atoms with Crippen LogP contribution in [0.5, 0.6) is 0 Å². The van der Waals surface area contributed by atoms with Crippen molar-refractivity contribution in [2.45, 2.75) is 46.0 Å². The molecule has 1 fully saturated rings. The van der Waals surface area contributed by atoms with E-state index in [-0.39, 0.29) is 0 Å². The number of carbonyl (C=O) groups excluding carboxylic acids is 1. The van der Waals surface area contributed by atoms with E-state index in [2.05, 4.69) is 20.3 Å². The summed E-state index contributed by atoms with van der Waals surface area (Å²) in [4.78, 5) is 11.6. The second kappa shape index (κ2) is 4.64. The van der Waals surface area contributed by atoms with E-state index in [0.29, 0.717) is 17.6 Å². The minimum atomic E-state index is 0.386. The van der Waals surface area contributed by atoms with Gasteiger partial charge in [-0.2, -0.15) is 0 Å². The molecule has 0 aliphatic heterocycles. The minimum Gasteiger partial charge on any atom is -0.299 e. The van der Waals surface area contributed by atoms with Crippen molar-refractivity contribution < 1.29 is 4.79 Å². The van der Waals surface area contributed by atoms with Gasteiger partial charge < -0.3 is 0 Å². The molecule has 1 rings (SSSR count). The van der Waals surface area contributed by atoms with Crippen LogP contribution >= 0.6 is 0 Å². The molecule has 0 spiro atoms. The lowest BCUT2D eigenvalue weighted by molar-refractivity contribution is -0.124. The van der Waals surface area contributed by atoms with Gasteiger partial charge in [0.1, 0.15) is 5.78 Å². The summed E-state index contributed by atoms with van der Waals surface area (Å²) in [6.07, 6.45) is 7.59. The maximum atomic E-state index is 11.6. The molecule has 1 aliphatic carbocycles. The Morgan fingerprint density at radius 1 is 1.42 bits per heavy atom. The molecule has 1 saturated carbocycles. The van der Waals surface area contributed by atoms with E-state index in [4.69, 9.17) is 0 Å². The Bertz CT molecular complexity index is 143. The molecule has 1 nitrogen and oxygen atoms in total. The van der Waals surface area contributed by atoms with Gasteiger partial charge in [0.2, 0.25) is 0 Å². The van der Waals surface area contributed by atoms with Crippen molar-refractivity contribution in [1.82, 2.24) is 0 Å². The van der Waals surface area contributed by atoms with Crippen LogP contribution < -0.4 is 0 Å². The first kappa shape index (κ1) is 9.76. The Balaban J connectivity index is 2.30. The van der Waals surface area contributed by atoms with Crippen molar-refractivity contribution in [2.75, 3.05) is 0 Å². The molecular formula is C11H19O. The molecule has 0 bridgehead atoms. The molecule has 69 valence electrons. The highest BCUT2D eigenvalue weighted by molar-refractivity contribution is 5.81. The number of rotatable bonds is 3. The van der Waals surface area contributed by atoms with Gasteiger partial charge in [0.05, 0.1) is 0 Å². The van der Waals surface area contributed by atoms with Gasteiger partial charge in [-0.1, -0.05) is 13.8 Å². The highest BCUT2D eigenvalue weighted by Gasteiger charge is 2.21. The van der Waals surface area contributed by atoms with Crippen LogP contribution in [0.15, 0.2) is 0 Å². The summed E-state index contributed by atoms with van der Waals surface area (Å²) in [5.74, 6) is 1.42. The van der Waals surface area contributed by atoms with E-state index in [0.717, 1.165) is 32.1 Å². The number of hydrogen-bond donors (Lipinski definition) is 0. The van der Waals surface area contributed by atoms with Crippen molar-refractivity contribution in [2.24, 2.45) is 11.8 Å². The fourth-order valence-corrected chi connectivity index (χ4v) is 1.82. The van der Waals surface area contributed by atoms with Crippen molar-refractivity contribution in [1.29, 1.82) is 0 Å². The van der Waals surface area contributed by atoms with Gasteiger partial charge in [-0.3, -0.25) is 4.79 Å². The lowest BCUT2D eigenvalue weighted by Crippen LogP contribution is -2.19. The SMILES string of the molecule is CC(C)CC(=O)C1CC[CH]CC1. The normalized spacial score (nSPS) is 19.9. The molecule has 0 unspecified atom stereocenters. The van der Waals surface area contributed by atoms with E-state index in [1.807, 2.05) is 0 Å². The van der Waals surface area contributed by atoms with Crippen LogP contribution in [-0.2, 0) is 4.79 Å². The molecule has 1 radical (unpaired) electrons. The Morgan fingerprint density at radius 2 is 2.00 bits per heavy atom. The summed E-state index contributed by atoms with van der Waals surface area (Å²) in [6.45, 7) is 4.24. The Morgan fingerprint density at radius 3 is 2.50 bits per heavy atom. The van der Waals surface area contributed by atoms with Crippen LogP contribution in [0.4, 0.5) is 0 Å². The molecule has 0 atom stereocenters. The third kappa shape index (κ3) is 2.96. The fraction of sp³-hybridized carbons (Fsp3) is 0.818. The zero-order chi connectivity index (χ0) is 8.97. The predicted octanol–water partition coefficient (Wildman–Crippen LogP) is 3.00. The van der Waals surface area contributed by atoms with Crippen LogP contribution in [0.2, 0.25) is 0 Å². The predicted molar refractivity (Wildman–Crippen MR) is 50.7 cm³/mol. The highest BCUT2D eigenvalue weighted by atomic mass is 16.1. The summed E-state index contributed by atoms with van der Waals surface area (Å²) in [5.41, 5.74) is 0. The van der Waals surface area contributed by atoms with Gasteiger partial charge in [-0.15, -0.1) is 0 Å². The number of Topliss-reactive ketones (excluding diaryl/α,β-unsaturated/α-hetero) is 1. The third-order valence-corrected chi connectivity index (χ3v) is 2.50. The van der Waals surface area contributed by atoms with E-state index < -0.39 is 0 Å².